The lowest BCUT2D eigenvalue weighted by Crippen LogP contribution is -2.25. The normalized spacial score (nSPS) is 13.7. The predicted octanol–water partition coefficient (Wildman–Crippen LogP) is 3.22. The molecule has 0 bridgehead atoms. The standard InChI is InChI=1S/C17H20FNO2/c1-12(13-7-4-6-10-17(13)21-2)19-11-16(20)14-8-3-5-9-15(14)18/h3-10,12,16,19-20H,11H2,1-2H3/t12-,16?/m1/s1. The van der Waals surface area contributed by atoms with Gasteiger partial charge in [0, 0.05) is 23.7 Å². The van der Waals surface area contributed by atoms with Gasteiger partial charge in [-0.05, 0) is 19.1 Å². The van der Waals surface area contributed by atoms with Crippen molar-refractivity contribution in [1.82, 2.24) is 5.32 Å². The first-order valence-electron chi connectivity index (χ1n) is 6.92. The minimum atomic E-state index is -0.886. The Balaban J connectivity index is 2.01. The molecule has 2 rings (SSSR count). The Morgan fingerprint density at radius 2 is 1.71 bits per heavy atom. The number of aliphatic hydroxyl groups excluding tert-OH is 1. The SMILES string of the molecule is COc1ccccc1[C@@H](C)NCC(O)c1ccccc1F. The largest absolute Gasteiger partial charge is 0.496 e. The molecule has 1 unspecified atom stereocenters. The summed E-state index contributed by atoms with van der Waals surface area (Å²) in [4.78, 5) is 0. The molecule has 112 valence electrons. The van der Waals surface area contributed by atoms with Crippen LogP contribution in [0, 0.1) is 5.82 Å². The van der Waals surface area contributed by atoms with Crippen LogP contribution in [-0.2, 0) is 0 Å². The van der Waals surface area contributed by atoms with Crippen LogP contribution in [0.25, 0.3) is 0 Å². The number of nitrogens with one attached hydrogen (secondary N) is 1. The van der Waals surface area contributed by atoms with E-state index in [-0.39, 0.29) is 12.6 Å². The highest BCUT2D eigenvalue weighted by Crippen LogP contribution is 2.25. The Kier molecular flexibility index (Phi) is 5.31. The van der Waals surface area contributed by atoms with Crippen LogP contribution in [0.3, 0.4) is 0 Å². The molecule has 0 saturated heterocycles. The third kappa shape index (κ3) is 3.80. The summed E-state index contributed by atoms with van der Waals surface area (Å²) in [5.74, 6) is 0.398. The molecule has 2 aromatic carbocycles. The van der Waals surface area contributed by atoms with Gasteiger partial charge in [-0.2, -0.15) is 0 Å². The zero-order valence-corrected chi connectivity index (χ0v) is 12.2. The van der Waals surface area contributed by atoms with E-state index >= 15 is 0 Å². The van der Waals surface area contributed by atoms with Crippen LogP contribution >= 0.6 is 0 Å². The fourth-order valence-corrected chi connectivity index (χ4v) is 2.28. The maximum atomic E-state index is 13.6. The van der Waals surface area contributed by atoms with Crippen molar-refractivity contribution in [2.75, 3.05) is 13.7 Å². The van der Waals surface area contributed by atoms with Crippen LogP contribution < -0.4 is 10.1 Å². The zero-order valence-electron chi connectivity index (χ0n) is 12.2. The van der Waals surface area contributed by atoms with Crippen molar-refractivity contribution >= 4 is 0 Å². The molecule has 21 heavy (non-hydrogen) atoms. The van der Waals surface area contributed by atoms with Crippen LogP contribution in [0.4, 0.5) is 4.39 Å². The van der Waals surface area contributed by atoms with Crippen molar-refractivity contribution in [3.63, 3.8) is 0 Å². The number of para-hydroxylation sites is 1. The monoisotopic (exact) mass is 289 g/mol. The predicted molar refractivity (Wildman–Crippen MR) is 80.8 cm³/mol. The summed E-state index contributed by atoms with van der Waals surface area (Å²) >= 11 is 0. The summed E-state index contributed by atoms with van der Waals surface area (Å²) in [6.45, 7) is 2.24. The van der Waals surface area contributed by atoms with Crippen LogP contribution in [-0.4, -0.2) is 18.8 Å². The van der Waals surface area contributed by atoms with Crippen molar-refractivity contribution in [3.8, 4) is 5.75 Å². The van der Waals surface area contributed by atoms with E-state index in [2.05, 4.69) is 5.32 Å². The van der Waals surface area contributed by atoms with E-state index in [1.165, 1.54) is 6.07 Å². The quantitative estimate of drug-likeness (QED) is 0.858. The Bertz CT molecular complexity index is 589. The van der Waals surface area contributed by atoms with Gasteiger partial charge in [-0.25, -0.2) is 4.39 Å². The number of rotatable bonds is 6. The van der Waals surface area contributed by atoms with Gasteiger partial charge in [0.1, 0.15) is 11.6 Å². The lowest BCUT2D eigenvalue weighted by Gasteiger charge is -2.19. The van der Waals surface area contributed by atoms with E-state index in [1.54, 1.807) is 25.3 Å². The van der Waals surface area contributed by atoms with E-state index < -0.39 is 11.9 Å². The molecule has 0 amide bonds. The molecule has 2 N–H and O–H groups in total. The Labute approximate surface area is 124 Å². The summed E-state index contributed by atoms with van der Waals surface area (Å²) in [5, 5.41) is 13.3. The molecule has 0 heterocycles. The van der Waals surface area contributed by atoms with Gasteiger partial charge in [-0.3, -0.25) is 0 Å². The molecular weight excluding hydrogens is 269 g/mol. The van der Waals surface area contributed by atoms with Gasteiger partial charge in [-0.1, -0.05) is 36.4 Å². The summed E-state index contributed by atoms with van der Waals surface area (Å²) in [6, 6.07) is 13.9. The lowest BCUT2D eigenvalue weighted by molar-refractivity contribution is 0.166. The Hall–Kier alpha value is -1.91. The average Bonchev–Trinajstić information content (AvgIpc) is 2.52. The van der Waals surface area contributed by atoms with Crippen LogP contribution in [0.1, 0.15) is 30.2 Å². The Morgan fingerprint density at radius 3 is 2.38 bits per heavy atom. The van der Waals surface area contributed by atoms with Crippen molar-refractivity contribution in [2.45, 2.75) is 19.1 Å². The smallest absolute Gasteiger partial charge is 0.129 e. The second-order valence-corrected chi connectivity index (χ2v) is 4.91. The topological polar surface area (TPSA) is 41.5 Å². The summed E-state index contributed by atoms with van der Waals surface area (Å²) in [5.41, 5.74) is 1.30. The second kappa shape index (κ2) is 7.20. The van der Waals surface area contributed by atoms with Gasteiger partial charge >= 0.3 is 0 Å². The molecule has 0 aliphatic carbocycles. The van der Waals surface area contributed by atoms with Crippen molar-refractivity contribution in [3.05, 3.63) is 65.5 Å². The second-order valence-electron chi connectivity index (χ2n) is 4.91. The van der Waals surface area contributed by atoms with E-state index in [0.717, 1.165) is 11.3 Å². The molecule has 0 radical (unpaired) electrons. The van der Waals surface area contributed by atoms with E-state index in [4.69, 9.17) is 4.74 Å². The number of benzene rings is 2. The van der Waals surface area contributed by atoms with Crippen LogP contribution in [0.2, 0.25) is 0 Å². The average molecular weight is 289 g/mol. The molecule has 0 aliphatic rings. The first-order valence-corrected chi connectivity index (χ1v) is 6.92. The number of ether oxygens (including phenoxy) is 1. The van der Waals surface area contributed by atoms with Gasteiger partial charge in [0.25, 0.3) is 0 Å². The van der Waals surface area contributed by atoms with Gasteiger partial charge < -0.3 is 15.2 Å². The van der Waals surface area contributed by atoms with E-state index in [0.29, 0.717) is 5.56 Å². The third-order valence-corrected chi connectivity index (χ3v) is 3.49. The number of aliphatic hydroxyl groups is 1. The number of halogens is 1. The Morgan fingerprint density at radius 1 is 1.10 bits per heavy atom. The summed E-state index contributed by atoms with van der Waals surface area (Å²) in [7, 11) is 1.62. The molecule has 0 spiro atoms. The molecule has 0 saturated carbocycles. The third-order valence-electron chi connectivity index (χ3n) is 3.49. The molecule has 2 atom stereocenters. The van der Waals surface area contributed by atoms with Gasteiger partial charge in [0.15, 0.2) is 0 Å². The van der Waals surface area contributed by atoms with Crippen LogP contribution in [0.15, 0.2) is 48.5 Å². The minimum absolute atomic E-state index is 0.0115. The highest BCUT2D eigenvalue weighted by atomic mass is 19.1. The number of methoxy groups -OCH3 is 1. The summed E-state index contributed by atoms with van der Waals surface area (Å²) < 4.78 is 18.9. The van der Waals surface area contributed by atoms with Crippen molar-refractivity contribution < 1.29 is 14.2 Å². The molecule has 0 aliphatic heterocycles. The molecule has 2 aromatic rings. The lowest BCUT2D eigenvalue weighted by atomic mass is 10.1. The zero-order chi connectivity index (χ0) is 15.2. The van der Waals surface area contributed by atoms with Gasteiger partial charge in [-0.15, -0.1) is 0 Å². The number of hydrogen-bond acceptors (Lipinski definition) is 3. The highest BCUT2D eigenvalue weighted by molar-refractivity contribution is 5.35. The minimum Gasteiger partial charge on any atom is -0.496 e. The molecule has 4 heteroatoms. The van der Waals surface area contributed by atoms with Crippen molar-refractivity contribution in [2.24, 2.45) is 0 Å². The molecular formula is C17H20FNO2. The molecule has 0 aromatic heterocycles. The summed E-state index contributed by atoms with van der Waals surface area (Å²) in [6.07, 6.45) is -0.886. The van der Waals surface area contributed by atoms with Crippen molar-refractivity contribution in [1.29, 1.82) is 0 Å². The first kappa shape index (κ1) is 15.5. The van der Waals surface area contributed by atoms with Gasteiger partial charge in [0.05, 0.1) is 13.2 Å². The molecule has 3 nitrogen and oxygen atoms in total. The van der Waals surface area contributed by atoms with Gasteiger partial charge in [0.2, 0.25) is 0 Å². The molecule has 0 fully saturated rings. The first-order chi connectivity index (χ1) is 10.1. The highest BCUT2D eigenvalue weighted by Gasteiger charge is 2.15. The van der Waals surface area contributed by atoms with Crippen LogP contribution in [0.5, 0.6) is 5.75 Å². The van der Waals surface area contributed by atoms with E-state index in [9.17, 15) is 9.50 Å². The fraction of sp³-hybridized carbons (Fsp3) is 0.294. The number of hydrogen-bond donors (Lipinski definition) is 2. The maximum Gasteiger partial charge on any atom is 0.129 e. The van der Waals surface area contributed by atoms with E-state index in [1.807, 2.05) is 31.2 Å². The fourth-order valence-electron chi connectivity index (χ4n) is 2.28. The maximum absolute atomic E-state index is 13.6.